The molecule has 2 N–H and O–H groups in total. The molecule has 0 atom stereocenters. The molecule has 0 aliphatic rings. The van der Waals surface area contributed by atoms with Gasteiger partial charge in [-0.25, -0.2) is 10.2 Å². The van der Waals surface area contributed by atoms with Crippen LogP contribution < -0.4 is 10.9 Å². The lowest BCUT2D eigenvalue weighted by atomic mass is 10.2. The van der Waals surface area contributed by atoms with E-state index in [1.54, 1.807) is 12.1 Å². The van der Waals surface area contributed by atoms with Gasteiger partial charge >= 0.3 is 6.09 Å². The van der Waals surface area contributed by atoms with Gasteiger partial charge in [0.25, 0.3) is 5.91 Å². The molecule has 18 heavy (non-hydrogen) atoms. The van der Waals surface area contributed by atoms with E-state index in [0.29, 0.717) is 12.2 Å². The smallest absolute Gasteiger partial charge is 0.426 e. The van der Waals surface area contributed by atoms with Crippen molar-refractivity contribution < 1.29 is 14.3 Å². The summed E-state index contributed by atoms with van der Waals surface area (Å²) < 4.78 is 5.86. The van der Waals surface area contributed by atoms with Gasteiger partial charge in [0.15, 0.2) is 0 Å². The fourth-order valence-corrected chi connectivity index (χ4v) is 1.49. The standard InChI is InChI=1S/C12H15IN2O3/c1-2-3-8-18-12(17)15-14-11(16)9-4-6-10(13)7-5-9/h4-7H,2-3,8H2,1H3,(H,14,16)(H,15,17). The summed E-state index contributed by atoms with van der Waals surface area (Å²) in [6.07, 6.45) is 1.10. The SMILES string of the molecule is CCCCOC(=O)NNC(=O)c1ccc(I)cc1. The summed E-state index contributed by atoms with van der Waals surface area (Å²) in [7, 11) is 0. The van der Waals surface area contributed by atoms with Crippen LogP contribution in [0.25, 0.3) is 0 Å². The molecule has 0 saturated heterocycles. The van der Waals surface area contributed by atoms with Crippen molar-refractivity contribution in [2.75, 3.05) is 6.61 Å². The zero-order chi connectivity index (χ0) is 13.4. The average molecular weight is 362 g/mol. The van der Waals surface area contributed by atoms with Gasteiger partial charge in [0.05, 0.1) is 6.61 Å². The average Bonchev–Trinajstić information content (AvgIpc) is 2.37. The minimum absolute atomic E-state index is 0.349. The lowest BCUT2D eigenvalue weighted by Gasteiger charge is -2.08. The number of hydrogen-bond acceptors (Lipinski definition) is 3. The van der Waals surface area contributed by atoms with Crippen molar-refractivity contribution in [1.82, 2.24) is 10.9 Å². The second kappa shape index (κ2) is 7.91. The molecule has 6 heteroatoms. The molecular weight excluding hydrogens is 347 g/mol. The highest BCUT2D eigenvalue weighted by molar-refractivity contribution is 14.1. The second-order valence-corrected chi connectivity index (χ2v) is 4.82. The van der Waals surface area contributed by atoms with Crippen LogP contribution in [0.4, 0.5) is 4.79 Å². The molecule has 1 aromatic carbocycles. The number of rotatable bonds is 4. The Balaban J connectivity index is 2.32. The predicted octanol–water partition coefficient (Wildman–Crippen LogP) is 2.46. The molecule has 5 nitrogen and oxygen atoms in total. The van der Waals surface area contributed by atoms with Gasteiger partial charge in [-0.05, 0) is 53.3 Å². The van der Waals surface area contributed by atoms with Crippen LogP contribution in [-0.2, 0) is 4.74 Å². The van der Waals surface area contributed by atoms with Crippen molar-refractivity contribution >= 4 is 34.6 Å². The first-order chi connectivity index (χ1) is 8.63. The second-order valence-electron chi connectivity index (χ2n) is 3.58. The third-order valence-corrected chi connectivity index (χ3v) is 2.83. The van der Waals surface area contributed by atoms with E-state index in [4.69, 9.17) is 4.74 Å². The van der Waals surface area contributed by atoms with Crippen LogP contribution in [0.3, 0.4) is 0 Å². The van der Waals surface area contributed by atoms with Gasteiger partial charge in [0.2, 0.25) is 0 Å². The van der Waals surface area contributed by atoms with Gasteiger partial charge in [-0.15, -0.1) is 0 Å². The summed E-state index contributed by atoms with van der Waals surface area (Å²) in [5.41, 5.74) is 4.95. The van der Waals surface area contributed by atoms with Crippen molar-refractivity contribution in [3.63, 3.8) is 0 Å². The summed E-state index contributed by atoms with van der Waals surface area (Å²) in [5, 5.41) is 0. The molecule has 0 bridgehead atoms. The van der Waals surface area contributed by atoms with Crippen molar-refractivity contribution in [3.8, 4) is 0 Å². The van der Waals surface area contributed by atoms with Crippen molar-refractivity contribution in [2.45, 2.75) is 19.8 Å². The number of halogens is 1. The Morgan fingerprint density at radius 1 is 1.22 bits per heavy atom. The van der Waals surface area contributed by atoms with Crippen LogP contribution in [-0.4, -0.2) is 18.6 Å². The Kier molecular flexibility index (Phi) is 6.48. The maximum Gasteiger partial charge on any atom is 0.426 e. The van der Waals surface area contributed by atoms with Gasteiger partial charge in [-0.3, -0.25) is 10.2 Å². The number of amides is 2. The third-order valence-electron chi connectivity index (χ3n) is 2.12. The number of ether oxygens (including phenoxy) is 1. The number of hydrazine groups is 1. The van der Waals surface area contributed by atoms with Crippen molar-refractivity contribution in [1.29, 1.82) is 0 Å². The Morgan fingerprint density at radius 3 is 2.50 bits per heavy atom. The Labute approximate surface area is 119 Å². The summed E-state index contributed by atoms with van der Waals surface area (Å²) in [5.74, 6) is -0.376. The molecule has 0 saturated carbocycles. The summed E-state index contributed by atoms with van der Waals surface area (Å²) in [4.78, 5) is 22.8. The third kappa shape index (κ3) is 5.35. The van der Waals surface area contributed by atoms with Crippen LogP contribution in [0.2, 0.25) is 0 Å². The molecule has 0 radical (unpaired) electrons. The zero-order valence-electron chi connectivity index (χ0n) is 10.0. The van der Waals surface area contributed by atoms with Gasteiger partial charge in [-0.1, -0.05) is 13.3 Å². The Bertz CT molecular complexity index is 406. The molecule has 1 rings (SSSR count). The minimum Gasteiger partial charge on any atom is -0.448 e. The molecule has 0 heterocycles. The van der Waals surface area contributed by atoms with Crippen LogP contribution in [0.15, 0.2) is 24.3 Å². The number of benzene rings is 1. The maximum absolute atomic E-state index is 11.6. The zero-order valence-corrected chi connectivity index (χ0v) is 12.2. The first-order valence-corrected chi connectivity index (χ1v) is 6.70. The monoisotopic (exact) mass is 362 g/mol. The maximum atomic E-state index is 11.6. The van der Waals surface area contributed by atoms with E-state index in [1.165, 1.54) is 0 Å². The first kappa shape index (κ1) is 14.7. The fourth-order valence-electron chi connectivity index (χ4n) is 1.13. The molecule has 0 aliphatic heterocycles. The number of hydrogen-bond donors (Lipinski definition) is 2. The number of unbranched alkanes of at least 4 members (excludes halogenated alkanes) is 1. The minimum atomic E-state index is -0.651. The van der Waals surface area contributed by atoms with Crippen LogP contribution in [0.1, 0.15) is 30.1 Å². The van der Waals surface area contributed by atoms with E-state index in [9.17, 15) is 9.59 Å². The molecule has 0 unspecified atom stereocenters. The van der Waals surface area contributed by atoms with Crippen molar-refractivity contribution in [3.05, 3.63) is 33.4 Å². The molecule has 2 amide bonds. The first-order valence-electron chi connectivity index (χ1n) is 5.62. The highest BCUT2D eigenvalue weighted by atomic mass is 127. The number of carbonyl (C=O) groups is 2. The highest BCUT2D eigenvalue weighted by Gasteiger charge is 2.07. The lowest BCUT2D eigenvalue weighted by molar-refractivity contribution is 0.0909. The van der Waals surface area contributed by atoms with Crippen LogP contribution in [0, 0.1) is 3.57 Å². The van der Waals surface area contributed by atoms with Crippen LogP contribution >= 0.6 is 22.6 Å². The van der Waals surface area contributed by atoms with Crippen LogP contribution in [0.5, 0.6) is 0 Å². The Hall–Kier alpha value is -1.31. The molecular formula is C12H15IN2O3. The predicted molar refractivity (Wildman–Crippen MR) is 76.0 cm³/mol. The molecule has 0 spiro atoms. The normalized spacial score (nSPS) is 9.67. The van der Waals surface area contributed by atoms with Crippen molar-refractivity contribution in [2.24, 2.45) is 0 Å². The highest BCUT2D eigenvalue weighted by Crippen LogP contribution is 2.06. The largest absolute Gasteiger partial charge is 0.448 e. The quantitative estimate of drug-likeness (QED) is 0.491. The molecule has 1 aromatic rings. The topological polar surface area (TPSA) is 67.4 Å². The molecule has 0 aromatic heterocycles. The van der Waals surface area contributed by atoms with E-state index in [-0.39, 0.29) is 5.91 Å². The van der Waals surface area contributed by atoms with Gasteiger partial charge in [0.1, 0.15) is 0 Å². The van der Waals surface area contributed by atoms with E-state index >= 15 is 0 Å². The van der Waals surface area contributed by atoms with E-state index < -0.39 is 6.09 Å². The summed E-state index contributed by atoms with van der Waals surface area (Å²) in [6.45, 7) is 2.35. The van der Waals surface area contributed by atoms with E-state index in [0.717, 1.165) is 16.4 Å². The molecule has 0 aliphatic carbocycles. The van der Waals surface area contributed by atoms with Gasteiger partial charge < -0.3 is 4.74 Å². The summed E-state index contributed by atoms with van der Waals surface area (Å²) in [6, 6.07) is 6.99. The Morgan fingerprint density at radius 2 is 1.89 bits per heavy atom. The summed E-state index contributed by atoms with van der Waals surface area (Å²) >= 11 is 2.15. The number of carbonyl (C=O) groups excluding carboxylic acids is 2. The van der Waals surface area contributed by atoms with E-state index in [2.05, 4.69) is 33.4 Å². The molecule has 98 valence electrons. The number of nitrogens with one attached hydrogen (secondary N) is 2. The van der Waals surface area contributed by atoms with Gasteiger partial charge in [-0.2, -0.15) is 0 Å². The van der Waals surface area contributed by atoms with E-state index in [1.807, 2.05) is 19.1 Å². The van der Waals surface area contributed by atoms with Gasteiger partial charge in [0, 0.05) is 9.13 Å². The fraction of sp³-hybridized carbons (Fsp3) is 0.333. The molecule has 0 fully saturated rings. The lowest BCUT2D eigenvalue weighted by Crippen LogP contribution is -2.42.